The quantitative estimate of drug-likeness (QED) is 0.787. The molecule has 1 aromatic heterocycles. The monoisotopic (exact) mass is 272 g/mol. The molecule has 1 N–H and O–H groups in total. The first kappa shape index (κ1) is 14.5. The van der Waals surface area contributed by atoms with Gasteiger partial charge in [-0.05, 0) is 25.1 Å². The fourth-order valence-corrected chi connectivity index (χ4v) is 1.79. The number of hydrogen-bond donors (Lipinski definition) is 1. The molecule has 106 valence electrons. The number of methoxy groups -OCH3 is 1. The van der Waals surface area contributed by atoms with Crippen LogP contribution in [0.1, 0.15) is 11.3 Å². The number of aromatic nitrogens is 1. The molecular formula is C16H20N2O2. The minimum absolute atomic E-state index is 0.699. The van der Waals surface area contributed by atoms with Crippen LogP contribution in [0.4, 0.5) is 0 Å². The third kappa shape index (κ3) is 4.33. The second-order valence-corrected chi connectivity index (χ2v) is 4.51. The van der Waals surface area contributed by atoms with Crippen LogP contribution in [-0.4, -0.2) is 25.2 Å². The molecule has 4 nitrogen and oxygen atoms in total. The zero-order chi connectivity index (χ0) is 14.2. The summed E-state index contributed by atoms with van der Waals surface area (Å²) in [5, 5.41) is 3.32. The second-order valence-electron chi connectivity index (χ2n) is 4.51. The summed E-state index contributed by atoms with van der Waals surface area (Å²) < 4.78 is 10.9. The molecule has 0 fully saturated rings. The molecule has 0 saturated heterocycles. The maximum Gasteiger partial charge on any atom is 0.145 e. The molecule has 0 bridgehead atoms. The van der Waals surface area contributed by atoms with E-state index in [9.17, 15) is 0 Å². The predicted octanol–water partition coefficient (Wildman–Crippen LogP) is 2.92. The van der Waals surface area contributed by atoms with Crippen molar-refractivity contribution >= 4 is 0 Å². The minimum Gasteiger partial charge on any atom is -0.455 e. The van der Waals surface area contributed by atoms with Gasteiger partial charge in [-0.2, -0.15) is 0 Å². The third-order valence-corrected chi connectivity index (χ3v) is 2.88. The Morgan fingerprint density at radius 1 is 1.15 bits per heavy atom. The van der Waals surface area contributed by atoms with Crippen LogP contribution in [0.3, 0.4) is 0 Å². The van der Waals surface area contributed by atoms with Gasteiger partial charge in [0, 0.05) is 31.5 Å². The van der Waals surface area contributed by atoms with Crippen molar-refractivity contribution in [2.45, 2.75) is 13.5 Å². The molecular weight excluding hydrogens is 252 g/mol. The lowest BCUT2D eigenvalue weighted by atomic mass is 10.2. The molecule has 2 rings (SSSR count). The van der Waals surface area contributed by atoms with Gasteiger partial charge in [-0.15, -0.1) is 0 Å². The van der Waals surface area contributed by atoms with Crippen LogP contribution in [0.25, 0.3) is 0 Å². The van der Waals surface area contributed by atoms with Crippen LogP contribution in [0.2, 0.25) is 0 Å². The van der Waals surface area contributed by atoms with Gasteiger partial charge < -0.3 is 14.8 Å². The van der Waals surface area contributed by atoms with Gasteiger partial charge in [-0.3, -0.25) is 4.98 Å². The average Bonchev–Trinajstić information content (AvgIpc) is 2.47. The fraction of sp³-hybridized carbons (Fsp3) is 0.312. The molecule has 0 saturated carbocycles. The first-order valence-electron chi connectivity index (χ1n) is 6.67. The normalized spacial score (nSPS) is 10.5. The molecule has 20 heavy (non-hydrogen) atoms. The minimum atomic E-state index is 0.699. The summed E-state index contributed by atoms with van der Waals surface area (Å²) in [6.07, 6.45) is 1.74. The zero-order valence-electron chi connectivity index (χ0n) is 11.9. The number of para-hydroxylation sites is 1. The van der Waals surface area contributed by atoms with Crippen LogP contribution >= 0.6 is 0 Å². The molecule has 2 aromatic rings. The van der Waals surface area contributed by atoms with Crippen molar-refractivity contribution < 1.29 is 9.47 Å². The number of nitrogens with one attached hydrogen (secondary N) is 1. The second kappa shape index (κ2) is 7.62. The summed E-state index contributed by atoms with van der Waals surface area (Å²) in [6.45, 7) is 4.22. The van der Waals surface area contributed by atoms with Gasteiger partial charge in [-0.25, -0.2) is 0 Å². The lowest BCUT2D eigenvalue weighted by Crippen LogP contribution is -2.18. The summed E-state index contributed by atoms with van der Waals surface area (Å²) in [7, 11) is 1.70. The zero-order valence-corrected chi connectivity index (χ0v) is 11.9. The van der Waals surface area contributed by atoms with Gasteiger partial charge in [0.25, 0.3) is 0 Å². The maximum absolute atomic E-state index is 5.89. The van der Waals surface area contributed by atoms with Gasteiger partial charge in [0.2, 0.25) is 0 Å². The number of aryl methyl sites for hydroxylation is 1. The van der Waals surface area contributed by atoms with E-state index in [1.807, 2.05) is 37.3 Å². The van der Waals surface area contributed by atoms with E-state index in [0.717, 1.165) is 35.8 Å². The Kier molecular flexibility index (Phi) is 5.53. The van der Waals surface area contributed by atoms with Crippen molar-refractivity contribution in [3.8, 4) is 11.5 Å². The lowest BCUT2D eigenvalue weighted by Gasteiger charge is -2.11. The molecule has 0 radical (unpaired) electrons. The molecule has 1 heterocycles. The average molecular weight is 272 g/mol. The van der Waals surface area contributed by atoms with Crippen LogP contribution in [-0.2, 0) is 11.3 Å². The Balaban J connectivity index is 2.01. The molecule has 0 unspecified atom stereocenters. The van der Waals surface area contributed by atoms with Gasteiger partial charge in [0.15, 0.2) is 0 Å². The summed E-state index contributed by atoms with van der Waals surface area (Å²) in [4.78, 5) is 4.23. The highest BCUT2D eigenvalue weighted by Gasteiger charge is 2.04. The van der Waals surface area contributed by atoms with E-state index in [1.54, 1.807) is 13.3 Å². The van der Waals surface area contributed by atoms with Crippen molar-refractivity contribution in [3.63, 3.8) is 0 Å². The number of pyridine rings is 1. The standard InChI is InChI=1S/C16H20N2O2/c1-13-7-8-15(12-18-13)20-16-6-4-3-5-14(16)11-17-9-10-19-2/h3-8,12,17H,9-11H2,1-2H3. The molecule has 0 aliphatic carbocycles. The summed E-state index contributed by atoms with van der Waals surface area (Å²) in [5.41, 5.74) is 2.09. The highest BCUT2D eigenvalue weighted by atomic mass is 16.5. The van der Waals surface area contributed by atoms with Gasteiger partial charge in [0.1, 0.15) is 11.5 Å². The van der Waals surface area contributed by atoms with Crippen LogP contribution in [0.15, 0.2) is 42.6 Å². The Bertz CT molecular complexity index is 526. The highest BCUT2D eigenvalue weighted by Crippen LogP contribution is 2.24. The molecule has 0 aliphatic heterocycles. The summed E-state index contributed by atoms with van der Waals surface area (Å²) in [6, 6.07) is 11.9. The Morgan fingerprint density at radius 2 is 2.00 bits per heavy atom. The van der Waals surface area contributed by atoms with Crippen molar-refractivity contribution in [1.82, 2.24) is 10.3 Å². The van der Waals surface area contributed by atoms with Crippen molar-refractivity contribution in [1.29, 1.82) is 0 Å². The lowest BCUT2D eigenvalue weighted by molar-refractivity contribution is 0.199. The van der Waals surface area contributed by atoms with Crippen LogP contribution in [0.5, 0.6) is 11.5 Å². The van der Waals surface area contributed by atoms with Gasteiger partial charge >= 0.3 is 0 Å². The largest absolute Gasteiger partial charge is 0.455 e. The number of ether oxygens (including phenoxy) is 2. The number of rotatable bonds is 7. The molecule has 4 heteroatoms. The van der Waals surface area contributed by atoms with E-state index in [0.29, 0.717) is 6.61 Å². The van der Waals surface area contributed by atoms with Gasteiger partial charge in [-0.1, -0.05) is 18.2 Å². The molecule has 0 amide bonds. The molecule has 0 spiro atoms. The van der Waals surface area contributed by atoms with E-state index in [4.69, 9.17) is 9.47 Å². The van der Waals surface area contributed by atoms with E-state index in [2.05, 4.69) is 16.4 Å². The summed E-state index contributed by atoms with van der Waals surface area (Å²) in [5.74, 6) is 1.60. The van der Waals surface area contributed by atoms with E-state index in [-0.39, 0.29) is 0 Å². The van der Waals surface area contributed by atoms with E-state index >= 15 is 0 Å². The maximum atomic E-state index is 5.89. The van der Waals surface area contributed by atoms with Crippen molar-refractivity contribution in [2.75, 3.05) is 20.3 Å². The first-order chi connectivity index (χ1) is 9.79. The highest BCUT2D eigenvalue weighted by molar-refractivity contribution is 5.37. The summed E-state index contributed by atoms with van der Waals surface area (Å²) >= 11 is 0. The number of nitrogens with zero attached hydrogens (tertiary/aromatic N) is 1. The Morgan fingerprint density at radius 3 is 2.75 bits per heavy atom. The van der Waals surface area contributed by atoms with Crippen molar-refractivity contribution in [2.24, 2.45) is 0 Å². The topological polar surface area (TPSA) is 43.4 Å². The number of benzene rings is 1. The first-order valence-corrected chi connectivity index (χ1v) is 6.67. The third-order valence-electron chi connectivity index (χ3n) is 2.88. The Hall–Kier alpha value is -1.91. The Labute approximate surface area is 119 Å². The SMILES string of the molecule is COCCNCc1ccccc1Oc1ccc(C)nc1. The smallest absolute Gasteiger partial charge is 0.145 e. The van der Waals surface area contributed by atoms with Crippen LogP contribution in [0, 0.1) is 6.92 Å². The van der Waals surface area contributed by atoms with E-state index < -0.39 is 0 Å². The predicted molar refractivity (Wildman–Crippen MR) is 79.1 cm³/mol. The molecule has 1 aromatic carbocycles. The molecule has 0 aliphatic rings. The fourth-order valence-electron chi connectivity index (χ4n) is 1.79. The number of hydrogen-bond acceptors (Lipinski definition) is 4. The van der Waals surface area contributed by atoms with E-state index in [1.165, 1.54) is 0 Å². The van der Waals surface area contributed by atoms with Gasteiger partial charge in [0.05, 0.1) is 12.8 Å². The van der Waals surface area contributed by atoms with Crippen molar-refractivity contribution in [3.05, 3.63) is 53.9 Å². The molecule has 0 atom stereocenters. The van der Waals surface area contributed by atoms with Crippen LogP contribution < -0.4 is 10.1 Å².